The quantitative estimate of drug-likeness (QED) is 0.684. The number of hydrogen-bond donors (Lipinski definition) is 2. The summed E-state index contributed by atoms with van der Waals surface area (Å²) in [6.45, 7) is 4.72. The van der Waals surface area contributed by atoms with Crippen LogP contribution in [-0.4, -0.2) is 37.1 Å². The maximum atomic E-state index is 11.9. The second-order valence-corrected chi connectivity index (χ2v) is 4.75. The van der Waals surface area contributed by atoms with Crippen molar-refractivity contribution in [1.82, 2.24) is 5.32 Å². The van der Waals surface area contributed by atoms with E-state index in [9.17, 15) is 4.79 Å². The number of allylic oxidation sites excluding steroid dienone is 1. The van der Waals surface area contributed by atoms with Crippen molar-refractivity contribution in [3.05, 3.63) is 11.8 Å². The van der Waals surface area contributed by atoms with E-state index in [2.05, 4.69) is 11.2 Å². The number of aliphatic hydroxyl groups is 1. The van der Waals surface area contributed by atoms with Gasteiger partial charge in [0, 0.05) is 19.1 Å². The number of nitrogens with one attached hydrogen (secondary N) is 1. The highest BCUT2D eigenvalue weighted by Crippen LogP contribution is 2.32. The Bertz CT molecular complexity index is 386. The fourth-order valence-corrected chi connectivity index (χ4v) is 2.26. The molecule has 0 unspecified atom stereocenters. The van der Waals surface area contributed by atoms with Gasteiger partial charge in [0.05, 0.1) is 6.54 Å². The Morgan fingerprint density at radius 3 is 3.00 bits per heavy atom. The molecule has 1 aliphatic heterocycles. The first-order valence-electron chi connectivity index (χ1n) is 6.96. The number of ether oxygens (including phenoxy) is 2. The highest BCUT2D eigenvalue weighted by Gasteiger charge is 2.34. The zero-order chi connectivity index (χ0) is 15.0. The number of rotatable bonds is 7. The molecule has 5 heteroatoms. The van der Waals surface area contributed by atoms with Gasteiger partial charge in [-0.15, -0.1) is 6.42 Å². The van der Waals surface area contributed by atoms with Crippen LogP contribution in [0.25, 0.3) is 0 Å². The Balaban J connectivity index is 2.76. The van der Waals surface area contributed by atoms with Gasteiger partial charge in [0.1, 0.15) is 0 Å². The van der Waals surface area contributed by atoms with Crippen LogP contribution in [0.4, 0.5) is 0 Å². The van der Waals surface area contributed by atoms with Gasteiger partial charge in [-0.3, -0.25) is 4.79 Å². The van der Waals surface area contributed by atoms with Crippen LogP contribution in [-0.2, 0) is 14.3 Å². The fraction of sp³-hybridized carbons (Fsp3) is 0.667. The lowest BCUT2D eigenvalue weighted by Crippen LogP contribution is -2.39. The molecule has 1 heterocycles. The number of terminal acetylenes is 1. The van der Waals surface area contributed by atoms with Crippen molar-refractivity contribution < 1.29 is 19.4 Å². The lowest BCUT2D eigenvalue weighted by Gasteiger charge is -2.35. The molecule has 0 bridgehead atoms. The van der Waals surface area contributed by atoms with Gasteiger partial charge in [-0.25, -0.2) is 0 Å². The minimum atomic E-state index is -0.460. The van der Waals surface area contributed by atoms with Crippen molar-refractivity contribution >= 4 is 5.91 Å². The van der Waals surface area contributed by atoms with Crippen molar-refractivity contribution in [1.29, 1.82) is 0 Å². The van der Waals surface area contributed by atoms with Gasteiger partial charge in [0.2, 0.25) is 6.29 Å². The third-order valence-corrected chi connectivity index (χ3v) is 3.28. The van der Waals surface area contributed by atoms with E-state index in [1.807, 2.05) is 13.8 Å². The molecular weight excluding hydrogens is 258 g/mol. The average molecular weight is 281 g/mol. The minimum Gasteiger partial charge on any atom is -0.459 e. The Kier molecular flexibility index (Phi) is 7.13. The van der Waals surface area contributed by atoms with E-state index in [1.54, 1.807) is 6.08 Å². The van der Waals surface area contributed by atoms with Crippen molar-refractivity contribution in [2.24, 2.45) is 11.8 Å². The molecule has 1 amide bonds. The van der Waals surface area contributed by atoms with E-state index in [1.165, 1.54) is 0 Å². The summed E-state index contributed by atoms with van der Waals surface area (Å²) in [6.07, 6.45) is 7.93. The molecule has 0 radical (unpaired) electrons. The summed E-state index contributed by atoms with van der Waals surface area (Å²) in [6, 6.07) is 0. The monoisotopic (exact) mass is 281 g/mol. The Morgan fingerprint density at radius 1 is 1.65 bits per heavy atom. The van der Waals surface area contributed by atoms with E-state index >= 15 is 0 Å². The van der Waals surface area contributed by atoms with Crippen LogP contribution in [0.2, 0.25) is 0 Å². The Morgan fingerprint density at radius 2 is 2.40 bits per heavy atom. The summed E-state index contributed by atoms with van der Waals surface area (Å²) < 4.78 is 11.2. The summed E-state index contributed by atoms with van der Waals surface area (Å²) in [5.74, 6) is 2.55. The van der Waals surface area contributed by atoms with Crippen molar-refractivity contribution in [2.45, 2.75) is 33.0 Å². The van der Waals surface area contributed by atoms with Gasteiger partial charge in [-0.1, -0.05) is 12.8 Å². The molecule has 1 aliphatic rings. The number of hydrogen-bond acceptors (Lipinski definition) is 4. The highest BCUT2D eigenvalue weighted by atomic mass is 16.7. The fourth-order valence-electron chi connectivity index (χ4n) is 2.26. The molecule has 0 aliphatic carbocycles. The normalized spacial score (nSPS) is 25.3. The molecule has 0 aromatic rings. The molecule has 5 nitrogen and oxygen atoms in total. The van der Waals surface area contributed by atoms with Gasteiger partial charge in [-0.05, 0) is 31.8 Å². The first kappa shape index (κ1) is 16.5. The molecule has 2 N–H and O–H groups in total. The van der Waals surface area contributed by atoms with E-state index in [4.69, 9.17) is 21.0 Å². The maximum Gasteiger partial charge on any atom is 0.286 e. The van der Waals surface area contributed by atoms with Gasteiger partial charge >= 0.3 is 0 Å². The Hall–Kier alpha value is -1.51. The van der Waals surface area contributed by atoms with E-state index < -0.39 is 6.29 Å². The number of aliphatic hydroxyl groups excluding tert-OH is 1. The molecule has 112 valence electrons. The van der Waals surface area contributed by atoms with Crippen LogP contribution >= 0.6 is 0 Å². The zero-order valence-corrected chi connectivity index (χ0v) is 12.1. The van der Waals surface area contributed by atoms with Gasteiger partial charge < -0.3 is 19.9 Å². The predicted molar refractivity (Wildman–Crippen MR) is 75.4 cm³/mol. The van der Waals surface area contributed by atoms with Crippen LogP contribution in [0.1, 0.15) is 26.7 Å². The summed E-state index contributed by atoms with van der Waals surface area (Å²) in [4.78, 5) is 11.9. The summed E-state index contributed by atoms with van der Waals surface area (Å²) >= 11 is 0. The maximum absolute atomic E-state index is 11.9. The molecule has 1 rings (SSSR count). The first-order valence-corrected chi connectivity index (χ1v) is 6.96. The van der Waals surface area contributed by atoms with Gasteiger partial charge in [0.25, 0.3) is 5.91 Å². The lowest BCUT2D eigenvalue weighted by molar-refractivity contribution is -0.170. The second-order valence-electron chi connectivity index (χ2n) is 4.75. The molecule has 0 aromatic carbocycles. The average Bonchev–Trinajstić information content (AvgIpc) is 2.44. The van der Waals surface area contributed by atoms with Crippen LogP contribution < -0.4 is 5.32 Å². The number of carbonyl (C=O) groups is 1. The van der Waals surface area contributed by atoms with Crippen molar-refractivity contribution in [2.75, 3.05) is 19.8 Å². The van der Waals surface area contributed by atoms with Crippen molar-refractivity contribution in [3.63, 3.8) is 0 Å². The van der Waals surface area contributed by atoms with Crippen LogP contribution in [0.15, 0.2) is 11.8 Å². The largest absolute Gasteiger partial charge is 0.459 e. The number of carbonyl (C=O) groups excluding carboxylic acids is 1. The van der Waals surface area contributed by atoms with E-state index in [0.29, 0.717) is 13.0 Å². The second kappa shape index (κ2) is 8.62. The van der Waals surface area contributed by atoms with Crippen LogP contribution in [0.5, 0.6) is 0 Å². The van der Waals surface area contributed by atoms with Gasteiger partial charge in [0.15, 0.2) is 5.76 Å². The van der Waals surface area contributed by atoms with Crippen LogP contribution in [0, 0.1) is 24.2 Å². The number of amides is 1. The standard InChI is InChI=1S/C15H23NO4/c1-4-8-16-14(18)13-10-11(3)12(7-6-9-17)15(20-13)19-5-2/h1,10-12,15,17H,5-9H2,2-3H3,(H,16,18)/t11-,12-,15+/m1/s1. The topological polar surface area (TPSA) is 67.8 Å². The smallest absolute Gasteiger partial charge is 0.286 e. The van der Waals surface area contributed by atoms with Gasteiger partial charge in [-0.2, -0.15) is 0 Å². The molecule has 0 fully saturated rings. The molecule has 0 saturated carbocycles. The highest BCUT2D eigenvalue weighted by molar-refractivity contribution is 5.91. The molecular formula is C15H23NO4. The third kappa shape index (κ3) is 4.55. The molecule has 0 spiro atoms. The van der Waals surface area contributed by atoms with E-state index in [0.717, 1.165) is 6.42 Å². The summed E-state index contributed by atoms with van der Waals surface area (Å²) in [7, 11) is 0. The van der Waals surface area contributed by atoms with E-state index in [-0.39, 0.29) is 36.7 Å². The van der Waals surface area contributed by atoms with Crippen molar-refractivity contribution in [3.8, 4) is 12.3 Å². The third-order valence-electron chi connectivity index (χ3n) is 3.28. The summed E-state index contributed by atoms with van der Waals surface area (Å²) in [5.41, 5.74) is 0. The minimum absolute atomic E-state index is 0.131. The molecule has 3 atom stereocenters. The molecule has 20 heavy (non-hydrogen) atoms. The predicted octanol–water partition coefficient (Wildman–Crippen LogP) is 1.04. The first-order chi connectivity index (χ1) is 9.63. The van der Waals surface area contributed by atoms with Crippen LogP contribution in [0.3, 0.4) is 0 Å². The zero-order valence-electron chi connectivity index (χ0n) is 12.1. The molecule has 0 aromatic heterocycles. The SMILES string of the molecule is C#CCNC(=O)C1=C[C@@H](C)[C@@H](CCCO)[C@@H](OCC)O1. The lowest BCUT2D eigenvalue weighted by atomic mass is 9.87. The Labute approximate surface area is 120 Å². The molecule has 0 saturated heterocycles. The summed E-state index contributed by atoms with van der Waals surface area (Å²) in [5, 5.41) is 11.5.